The molecule has 144 valence electrons. The van der Waals surface area contributed by atoms with Gasteiger partial charge in [-0.05, 0) is 37.6 Å². The van der Waals surface area contributed by atoms with E-state index >= 15 is 0 Å². The molecule has 0 aromatic heterocycles. The van der Waals surface area contributed by atoms with E-state index in [9.17, 15) is 19.8 Å². The Kier molecular flexibility index (Phi) is 4.10. The van der Waals surface area contributed by atoms with Gasteiger partial charge in [0.1, 0.15) is 6.10 Å². The minimum atomic E-state index is -1.22. The Morgan fingerprint density at radius 3 is 2.67 bits per heavy atom. The van der Waals surface area contributed by atoms with Crippen LogP contribution in [0.5, 0.6) is 11.5 Å². The van der Waals surface area contributed by atoms with Gasteiger partial charge in [-0.15, -0.1) is 0 Å². The molecule has 0 saturated carbocycles. The maximum absolute atomic E-state index is 12.1. The third-order valence-corrected chi connectivity index (χ3v) is 4.46. The van der Waals surface area contributed by atoms with Crippen LogP contribution in [0.2, 0.25) is 0 Å². The largest absolute Gasteiger partial charge is 0.504 e. The Labute approximate surface area is 154 Å². The number of aromatic hydroxyl groups is 2. The molecule has 0 radical (unpaired) electrons. The average Bonchev–Trinajstić information content (AvgIpc) is 3.16. The molecule has 9 heteroatoms. The van der Waals surface area contributed by atoms with Crippen molar-refractivity contribution in [3.63, 3.8) is 0 Å². The van der Waals surface area contributed by atoms with Gasteiger partial charge in [-0.1, -0.05) is 6.07 Å². The Morgan fingerprint density at radius 2 is 1.93 bits per heavy atom. The van der Waals surface area contributed by atoms with Gasteiger partial charge in [0.25, 0.3) is 0 Å². The number of hydrogen-bond acceptors (Lipinski definition) is 9. The van der Waals surface area contributed by atoms with Gasteiger partial charge in [-0.3, -0.25) is 0 Å². The Hall–Kier alpha value is -2.62. The lowest BCUT2D eigenvalue weighted by Gasteiger charge is -2.21. The summed E-state index contributed by atoms with van der Waals surface area (Å²) in [6, 6.07) is 4.05. The number of phenolic OH excluding ortho intramolecular Hbond substituents is 2. The fourth-order valence-corrected chi connectivity index (χ4v) is 3.31. The molecule has 0 spiro atoms. The normalized spacial score (nSPS) is 33.7. The molecule has 9 nitrogen and oxygen atoms in total. The van der Waals surface area contributed by atoms with Gasteiger partial charge in [-0.25, -0.2) is 9.59 Å². The molecule has 0 aliphatic carbocycles. The molecule has 4 rings (SSSR count). The molecule has 2 N–H and O–H groups in total. The van der Waals surface area contributed by atoms with Gasteiger partial charge in [-0.2, -0.15) is 0 Å². The second kappa shape index (κ2) is 6.22. The molecule has 3 saturated heterocycles. The van der Waals surface area contributed by atoms with Crippen LogP contribution in [0.3, 0.4) is 0 Å². The molecule has 3 aliphatic heterocycles. The number of phenols is 2. The number of carbonyl (C=O) groups excluding carboxylic acids is 2. The number of benzene rings is 1. The fourth-order valence-electron chi connectivity index (χ4n) is 3.31. The molecule has 5 unspecified atom stereocenters. The van der Waals surface area contributed by atoms with Gasteiger partial charge in [0.05, 0.1) is 0 Å². The van der Waals surface area contributed by atoms with Crippen molar-refractivity contribution in [3.8, 4) is 11.5 Å². The topological polar surface area (TPSA) is 121 Å². The Balaban J connectivity index is 1.41. The first-order valence-corrected chi connectivity index (χ1v) is 8.36. The molecule has 3 heterocycles. The summed E-state index contributed by atoms with van der Waals surface area (Å²) >= 11 is 0. The highest BCUT2D eigenvalue weighted by molar-refractivity contribution is 5.90. The van der Waals surface area contributed by atoms with E-state index in [-0.39, 0.29) is 11.5 Å². The van der Waals surface area contributed by atoms with Crippen LogP contribution < -0.4 is 0 Å². The number of ether oxygens (including phenoxy) is 5. The molecular formula is C18H18O9. The summed E-state index contributed by atoms with van der Waals surface area (Å²) in [6.07, 6.45) is -1.54. The van der Waals surface area contributed by atoms with Crippen molar-refractivity contribution in [3.05, 3.63) is 29.8 Å². The smallest absolute Gasteiger partial charge is 0.350 e. The van der Waals surface area contributed by atoms with Crippen LogP contribution in [0.25, 0.3) is 6.08 Å². The highest BCUT2D eigenvalue weighted by Gasteiger charge is 2.64. The third kappa shape index (κ3) is 3.25. The second-order valence-corrected chi connectivity index (χ2v) is 6.91. The van der Waals surface area contributed by atoms with Crippen LogP contribution in [0, 0.1) is 0 Å². The highest BCUT2D eigenvalue weighted by atomic mass is 16.8. The summed E-state index contributed by atoms with van der Waals surface area (Å²) in [5.74, 6) is -2.93. The monoisotopic (exact) mass is 378 g/mol. The van der Waals surface area contributed by atoms with Crippen LogP contribution in [0.1, 0.15) is 19.4 Å². The predicted molar refractivity (Wildman–Crippen MR) is 87.3 cm³/mol. The van der Waals surface area contributed by atoms with E-state index in [4.69, 9.17) is 23.7 Å². The first-order valence-electron chi connectivity index (χ1n) is 8.36. The number of esters is 2. The molecule has 3 aliphatic rings. The second-order valence-electron chi connectivity index (χ2n) is 6.91. The predicted octanol–water partition coefficient (Wildman–Crippen LogP) is 0.825. The lowest BCUT2D eigenvalue weighted by atomic mass is 10.1. The van der Waals surface area contributed by atoms with E-state index in [1.807, 2.05) is 0 Å². The van der Waals surface area contributed by atoms with Crippen molar-refractivity contribution in [2.45, 2.75) is 50.3 Å². The van der Waals surface area contributed by atoms with Crippen molar-refractivity contribution >= 4 is 18.0 Å². The summed E-state index contributed by atoms with van der Waals surface area (Å²) in [5.41, 5.74) is 0.463. The van der Waals surface area contributed by atoms with Crippen LogP contribution in [-0.4, -0.2) is 58.6 Å². The Morgan fingerprint density at radius 1 is 1.15 bits per heavy atom. The minimum Gasteiger partial charge on any atom is -0.504 e. The Bertz CT molecular complexity index is 815. The minimum absolute atomic E-state index is 0.272. The van der Waals surface area contributed by atoms with E-state index in [0.717, 1.165) is 6.08 Å². The van der Waals surface area contributed by atoms with Crippen molar-refractivity contribution in [2.24, 2.45) is 0 Å². The van der Waals surface area contributed by atoms with Gasteiger partial charge < -0.3 is 33.9 Å². The molecule has 5 atom stereocenters. The first-order chi connectivity index (χ1) is 12.7. The summed E-state index contributed by atoms with van der Waals surface area (Å²) in [7, 11) is 0. The van der Waals surface area contributed by atoms with Gasteiger partial charge in [0.15, 0.2) is 35.8 Å². The number of fused-ring (bicyclic) bond motifs is 3. The zero-order valence-electron chi connectivity index (χ0n) is 14.5. The van der Waals surface area contributed by atoms with Crippen LogP contribution in [0.4, 0.5) is 0 Å². The SMILES string of the molecule is CC1(C)OC2OC3C(OC(=O)/C=C/c4ccc(O)c(O)c4)C(=O)OC3C2O1. The van der Waals surface area contributed by atoms with Crippen molar-refractivity contribution in [1.29, 1.82) is 0 Å². The van der Waals surface area contributed by atoms with Crippen molar-refractivity contribution < 1.29 is 43.5 Å². The highest BCUT2D eigenvalue weighted by Crippen LogP contribution is 2.43. The van der Waals surface area contributed by atoms with Crippen LogP contribution in [-0.2, 0) is 33.3 Å². The van der Waals surface area contributed by atoms with Gasteiger partial charge in [0, 0.05) is 6.08 Å². The van der Waals surface area contributed by atoms with E-state index in [2.05, 4.69) is 0 Å². The molecule has 1 aromatic carbocycles. The molecule has 0 bridgehead atoms. The lowest BCUT2D eigenvalue weighted by molar-refractivity contribution is -0.216. The van der Waals surface area contributed by atoms with E-state index < -0.39 is 48.4 Å². The number of hydrogen-bond donors (Lipinski definition) is 2. The van der Waals surface area contributed by atoms with Gasteiger partial charge in [0.2, 0.25) is 6.10 Å². The lowest BCUT2D eigenvalue weighted by Crippen LogP contribution is -2.37. The standard InChI is InChI=1S/C18H18O9/c1-18(2)26-15-13-12(25-17(15)27-18)14(16(22)24-13)23-11(21)6-4-8-3-5-9(19)10(20)7-8/h3-7,12-15,17,19-20H,1-2H3/b6-4+. The average molecular weight is 378 g/mol. The fraction of sp³-hybridized carbons (Fsp3) is 0.444. The first kappa shape index (κ1) is 17.8. The molecule has 1 aromatic rings. The van der Waals surface area contributed by atoms with E-state index in [1.54, 1.807) is 13.8 Å². The zero-order valence-corrected chi connectivity index (χ0v) is 14.5. The maximum Gasteiger partial charge on any atom is 0.350 e. The van der Waals surface area contributed by atoms with Crippen molar-refractivity contribution in [2.75, 3.05) is 0 Å². The zero-order chi connectivity index (χ0) is 19.3. The third-order valence-electron chi connectivity index (χ3n) is 4.46. The maximum atomic E-state index is 12.1. The molecule has 27 heavy (non-hydrogen) atoms. The van der Waals surface area contributed by atoms with Crippen LogP contribution in [0.15, 0.2) is 24.3 Å². The number of rotatable bonds is 3. The van der Waals surface area contributed by atoms with Crippen LogP contribution >= 0.6 is 0 Å². The molecule has 3 fully saturated rings. The summed E-state index contributed by atoms with van der Waals surface area (Å²) < 4.78 is 27.4. The van der Waals surface area contributed by atoms with E-state index in [1.165, 1.54) is 24.3 Å². The molecular weight excluding hydrogens is 360 g/mol. The summed E-state index contributed by atoms with van der Waals surface area (Å²) in [5, 5.41) is 18.7. The van der Waals surface area contributed by atoms with Crippen molar-refractivity contribution in [1.82, 2.24) is 0 Å². The van der Waals surface area contributed by atoms with E-state index in [0.29, 0.717) is 5.56 Å². The molecule has 0 amide bonds. The van der Waals surface area contributed by atoms with Gasteiger partial charge >= 0.3 is 11.9 Å². The quantitative estimate of drug-likeness (QED) is 0.447. The summed E-state index contributed by atoms with van der Waals surface area (Å²) in [6.45, 7) is 3.45. The number of carbonyl (C=O) groups is 2. The summed E-state index contributed by atoms with van der Waals surface area (Å²) in [4.78, 5) is 24.1.